The van der Waals surface area contributed by atoms with E-state index in [-0.39, 0.29) is 0 Å². The fourth-order valence-electron chi connectivity index (χ4n) is 1.46. The van der Waals surface area contributed by atoms with Gasteiger partial charge in [0.25, 0.3) is 0 Å². The quantitative estimate of drug-likeness (QED) is 0.746. The summed E-state index contributed by atoms with van der Waals surface area (Å²) in [4.78, 5) is 4.41. The summed E-state index contributed by atoms with van der Waals surface area (Å²) in [6.45, 7) is 2.19. The second-order valence-corrected chi connectivity index (χ2v) is 4.77. The molecule has 1 heterocycles. The van der Waals surface area contributed by atoms with E-state index in [0.29, 0.717) is 0 Å². The van der Waals surface area contributed by atoms with Crippen molar-refractivity contribution < 1.29 is 0 Å². The van der Waals surface area contributed by atoms with Crippen molar-refractivity contribution in [2.45, 2.75) is 24.1 Å². The van der Waals surface area contributed by atoms with Crippen molar-refractivity contribution in [3.63, 3.8) is 0 Å². The zero-order valence-electron chi connectivity index (χ0n) is 7.45. The molecule has 0 atom stereocenters. The molecule has 0 aliphatic carbocycles. The van der Waals surface area contributed by atoms with Gasteiger partial charge in [0.05, 0.1) is 10.2 Å². The summed E-state index contributed by atoms with van der Waals surface area (Å²) in [6.07, 6.45) is 2.27. The van der Waals surface area contributed by atoms with Gasteiger partial charge in [-0.1, -0.05) is 25.5 Å². The number of fused-ring (bicyclic) bond motifs is 1. The van der Waals surface area contributed by atoms with E-state index in [4.69, 9.17) is 0 Å². The molecule has 0 bridgehead atoms. The first kappa shape index (κ1) is 9.03. The van der Waals surface area contributed by atoms with E-state index in [2.05, 4.69) is 42.7 Å². The highest BCUT2D eigenvalue weighted by atomic mass is 32.2. The summed E-state index contributed by atoms with van der Waals surface area (Å²) >= 11 is 5.91. The molecule has 3 heteroatoms. The fraction of sp³-hybridized carbons (Fsp3) is 0.300. The van der Waals surface area contributed by atoms with Gasteiger partial charge in [-0.2, -0.15) is 0 Å². The van der Waals surface area contributed by atoms with E-state index in [1.54, 1.807) is 11.3 Å². The minimum absolute atomic E-state index is 0.860. The van der Waals surface area contributed by atoms with Crippen LogP contribution >= 0.6 is 24.0 Å². The lowest BCUT2D eigenvalue weighted by Gasteiger charge is -1.97. The molecule has 1 aromatic carbocycles. The Labute approximate surface area is 87.2 Å². The van der Waals surface area contributed by atoms with Crippen molar-refractivity contribution in [3.05, 3.63) is 23.8 Å². The average molecular weight is 209 g/mol. The third-order valence-corrected chi connectivity index (χ3v) is 3.21. The summed E-state index contributed by atoms with van der Waals surface area (Å²) in [7, 11) is 0. The first-order valence-electron chi connectivity index (χ1n) is 4.38. The van der Waals surface area contributed by atoms with Gasteiger partial charge in [0.2, 0.25) is 0 Å². The Kier molecular flexibility index (Phi) is 2.56. The van der Waals surface area contributed by atoms with Crippen molar-refractivity contribution in [3.8, 4) is 0 Å². The summed E-state index contributed by atoms with van der Waals surface area (Å²) in [5, 5.41) is 0. The molecule has 0 fully saturated rings. The topological polar surface area (TPSA) is 12.9 Å². The zero-order valence-corrected chi connectivity index (χ0v) is 9.16. The van der Waals surface area contributed by atoms with Gasteiger partial charge in [-0.3, -0.25) is 0 Å². The number of benzene rings is 1. The van der Waals surface area contributed by atoms with Crippen LogP contribution in [0.2, 0.25) is 0 Å². The number of hydrogen-bond acceptors (Lipinski definition) is 3. The molecule has 0 saturated carbocycles. The van der Waals surface area contributed by atoms with Crippen LogP contribution in [-0.4, -0.2) is 4.98 Å². The molecule has 0 radical (unpaired) electrons. The number of para-hydroxylation sites is 1. The number of thiol groups is 1. The largest absolute Gasteiger partial charge is 0.230 e. The molecule has 1 nitrogen and oxygen atoms in total. The highest BCUT2D eigenvalue weighted by Gasteiger charge is 2.04. The molecule has 0 N–H and O–H groups in total. The van der Waals surface area contributed by atoms with Crippen LogP contribution in [0.3, 0.4) is 0 Å². The molecule has 68 valence electrons. The van der Waals surface area contributed by atoms with Crippen LogP contribution in [0.25, 0.3) is 10.2 Å². The smallest absolute Gasteiger partial charge is 0.148 e. The molecule has 2 aromatic rings. The molecule has 0 amide bonds. The molecule has 13 heavy (non-hydrogen) atoms. The van der Waals surface area contributed by atoms with Gasteiger partial charge < -0.3 is 0 Å². The first-order chi connectivity index (χ1) is 6.31. The third-order valence-electron chi connectivity index (χ3n) is 2.01. The second-order valence-electron chi connectivity index (χ2n) is 3.01. The lowest BCUT2D eigenvalue weighted by molar-refractivity contribution is 0.926. The van der Waals surface area contributed by atoms with Crippen LogP contribution in [0.1, 0.15) is 18.9 Å². The number of nitrogens with zero attached hydrogens (tertiary/aromatic N) is 1. The van der Waals surface area contributed by atoms with E-state index in [1.807, 2.05) is 0 Å². The van der Waals surface area contributed by atoms with E-state index < -0.39 is 0 Å². The van der Waals surface area contributed by atoms with Crippen molar-refractivity contribution in [2.24, 2.45) is 0 Å². The summed E-state index contributed by atoms with van der Waals surface area (Å²) in [6, 6.07) is 6.35. The highest BCUT2D eigenvalue weighted by Crippen LogP contribution is 2.27. The maximum atomic E-state index is 4.41. The molecule has 0 unspecified atom stereocenters. The van der Waals surface area contributed by atoms with Gasteiger partial charge in [0.15, 0.2) is 0 Å². The van der Waals surface area contributed by atoms with Gasteiger partial charge in [-0.05, 0) is 18.1 Å². The Morgan fingerprint density at radius 3 is 3.08 bits per heavy atom. The van der Waals surface area contributed by atoms with Gasteiger partial charge >= 0.3 is 0 Å². The van der Waals surface area contributed by atoms with E-state index in [1.165, 1.54) is 16.7 Å². The predicted molar refractivity (Wildman–Crippen MR) is 60.9 cm³/mol. The van der Waals surface area contributed by atoms with E-state index >= 15 is 0 Å². The number of thiazole rings is 1. The number of aryl methyl sites for hydroxylation is 1. The minimum Gasteiger partial charge on any atom is -0.230 e. The van der Waals surface area contributed by atoms with Gasteiger partial charge in [-0.25, -0.2) is 4.98 Å². The second kappa shape index (κ2) is 3.68. The molecule has 0 aliphatic rings. The first-order valence-corrected chi connectivity index (χ1v) is 5.65. The van der Waals surface area contributed by atoms with Crippen LogP contribution in [0.15, 0.2) is 22.5 Å². The van der Waals surface area contributed by atoms with Crippen molar-refractivity contribution in [1.82, 2.24) is 4.98 Å². The van der Waals surface area contributed by atoms with Crippen molar-refractivity contribution >= 4 is 34.2 Å². The van der Waals surface area contributed by atoms with Crippen molar-refractivity contribution in [2.75, 3.05) is 0 Å². The Morgan fingerprint density at radius 2 is 2.31 bits per heavy atom. The van der Waals surface area contributed by atoms with Gasteiger partial charge in [0.1, 0.15) is 4.34 Å². The zero-order chi connectivity index (χ0) is 9.26. The van der Waals surface area contributed by atoms with Crippen molar-refractivity contribution in [1.29, 1.82) is 0 Å². The van der Waals surface area contributed by atoms with Crippen LogP contribution in [0, 0.1) is 0 Å². The summed E-state index contributed by atoms with van der Waals surface area (Å²) in [5.74, 6) is 0. The highest BCUT2D eigenvalue weighted by molar-refractivity contribution is 7.82. The minimum atomic E-state index is 0.860. The number of hydrogen-bond donors (Lipinski definition) is 1. The predicted octanol–water partition coefficient (Wildman–Crippen LogP) is 3.54. The van der Waals surface area contributed by atoms with Crippen LogP contribution in [0.4, 0.5) is 0 Å². The average Bonchev–Trinajstić information content (AvgIpc) is 2.47. The monoisotopic (exact) mass is 209 g/mol. The molecule has 0 saturated heterocycles. The SMILES string of the molecule is CCCc1cccc2sc(S)nc12. The standard InChI is InChI=1S/C10H11NS2/c1-2-4-7-5-3-6-8-9(7)11-10(12)13-8/h3,5-6H,2,4H2,1H3,(H,11,12). The molecule has 0 spiro atoms. The van der Waals surface area contributed by atoms with Gasteiger partial charge in [-0.15, -0.1) is 24.0 Å². The van der Waals surface area contributed by atoms with Crippen LogP contribution in [0.5, 0.6) is 0 Å². The Morgan fingerprint density at radius 1 is 1.46 bits per heavy atom. The third kappa shape index (κ3) is 1.71. The fourth-order valence-corrected chi connectivity index (χ4v) is 2.61. The maximum absolute atomic E-state index is 4.41. The van der Waals surface area contributed by atoms with E-state index in [0.717, 1.165) is 16.3 Å². The maximum Gasteiger partial charge on any atom is 0.148 e. The number of aromatic nitrogens is 1. The normalized spacial score (nSPS) is 10.9. The number of rotatable bonds is 2. The van der Waals surface area contributed by atoms with Crippen LogP contribution < -0.4 is 0 Å². The Balaban J connectivity index is 2.60. The molecule has 2 rings (SSSR count). The molecular weight excluding hydrogens is 198 g/mol. The van der Waals surface area contributed by atoms with E-state index in [9.17, 15) is 0 Å². The Bertz CT molecular complexity index is 420. The summed E-state index contributed by atoms with van der Waals surface area (Å²) in [5.41, 5.74) is 2.48. The lowest BCUT2D eigenvalue weighted by Crippen LogP contribution is -1.84. The van der Waals surface area contributed by atoms with Crippen LogP contribution in [-0.2, 0) is 6.42 Å². The summed E-state index contributed by atoms with van der Waals surface area (Å²) < 4.78 is 2.11. The lowest BCUT2D eigenvalue weighted by atomic mass is 10.1. The molecular formula is C10H11NS2. The van der Waals surface area contributed by atoms with Gasteiger partial charge in [0, 0.05) is 0 Å². The Hall–Kier alpha value is -0.540. The molecule has 0 aliphatic heterocycles. The molecule has 1 aromatic heterocycles.